The van der Waals surface area contributed by atoms with Crippen molar-refractivity contribution in [2.24, 2.45) is 5.92 Å². The van der Waals surface area contributed by atoms with Crippen LogP contribution >= 0.6 is 0 Å². The van der Waals surface area contributed by atoms with E-state index in [4.69, 9.17) is 14.6 Å². The van der Waals surface area contributed by atoms with Gasteiger partial charge >= 0.3 is 5.97 Å². The summed E-state index contributed by atoms with van der Waals surface area (Å²) in [6.07, 6.45) is 0.438. The van der Waals surface area contributed by atoms with E-state index in [2.05, 4.69) is 5.32 Å². The van der Waals surface area contributed by atoms with Crippen LogP contribution in [0.5, 0.6) is 11.5 Å². The van der Waals surface area contributed by atoms with Crippen LogP contribution in [0.1, 0.15) is 22.8 Å². The Morgan fingerprint density at radius 1 is 1.08 bits per heavy atom. The van der Waals surface area contributed by atoms with Crippen molar-refractivity contribution in [3.8, 4) is 11.5 Å². The average molecular weight is 343 g/mol. The molecule has 0 aromatic heterocycles. The van der Waals surface area contributed by atoms with Crippen LogP contribution in [0.3, 0.4) is 0 Å². The Kier molecular flexibility index (Phi) is 6.00. The summed E-state index contributed by atoms with van der Waals surface area (Å²) in [6.45, 7) is 1.66. The molecule has 1 amide bonds. The normalized spacial score (nSPS) is 11.5. The number of methoxy groups -OCH3 is 2. The van der Waals surface area contributed by atoms with E-state index in [-0.39, 0.29) is 5.91 Å². The molecule has 0 radical (unpaired) electrons. The van der Waals surface area contributed by atoms with Gasteiger partial charge in [0.15, 0.2) is 0 Å². The van der Waals surface area contributed by atoms with Gasteiger partial charge in [0.25, 0.3) is 5.91 Å². The van der Waals surface area contributed by atoms with Crippen LogP contribution in [0, 0.1) is 5.92 Å². The maximum atomic E-state index is 12.5. The highest BCUT2D eigenvalue weighted by Crippen LogP contribution is 2.25. The molecule has 25 heavy (non-hydrogen) atoms. The molecule has 0 aliphatic heterocycles. The van der Waals surface area contributed by atoms with Gasteiger partial charge in [-0.3, -0.25) is 9.59 Å². The van der Waals surface area contributed by atoms with Gasteiger partial charge in [0.2, 0.25) is 0 Å². The number of carbonyl (C=O) groups excluding carboxylic acids is 1. The minimum atomic E-state index is -0.831. The summed E-state index contributed by atoms with van der Waals surface area (Å²) in [5, 5.41) is 11.8. The number of amides is 1. The monoisotopic (exact) mass is 343 g/mol. The van der Waals surface area contributed by atoms with Crippen LogP contribution in [-0.2, 0) is 11.2 Å². The van der Waals surface area contributed by atoms with Crippen LogP contribution in [0.25, 0.3) is 0 Å². The number of benzene rings is 2. The van der Waals surface area contributed by atoms with E-state index in [1.54, 1.807) is 49.4 Å². The second kappa shape index (κ2) is 8.19. The van der Waals surface area contributed by atoms with Gasteiger partial charge in [0.1, 0.15) is 11.5 Å². The number of carbonyl (C=O) groups is 2. The summed E-state index contributed by atoms with van der Waals surface area (Å²) in [5.74, 6) is -0.597. The molecule has 2 rings (SSSR count). The minimum Gasteiger partial charge on any atom is -0.497 e. The molecule has 0 saturated heterocycles. The SMILES string of the molecule is COc1ccc(OC)c(C(=O)Nc2ccc(CC(C)C(=O)O)cc2)c1. The van der Waals surface area contributed by atoms with Gasteiger partial charge in [-0.15, -0.1) is 0 Å². The molecule has 0 bridgehead atoms. The largest absolute Gasteiger partial charge is 0.497 e. The first-order valence-electron chi connectivity index (χ1n) is 7.79. The fraction of sp³-hybridized carbons (Fsp3) is 0.263. The Bertz CT molecular complexity index is 755. The standard InChI is InChI=1S/C19H21NO5/c1-12(19(22)23)10-13-4-6-14(7-5-13)20-18(21)16-11-15(24-2)8-9-17(16)25-3/h4-9,11-12H,10H2,1-3H3,(H,20,21)(H,22,23). The maximum absolute atomic E-state index is 12.5. The summed E-state index contributed by atoms with van der Waals surface area (Å²) >= 11 is 0. The zero-order chi connectivity index (χ0) is 18.4. The van der Waals surface area contributed by atoms with Crippen LogP contribution in [0.15, 0.2) is 42.5 Å². The number of nitrogens with one attached hydrogen (secondary N) is 1. The van der Waals surface area contributed by atoms with Gasteiger partial charge in [0.05, 0.1) is 25.7 Å². The summed E-state index contributed by atoms with van der Waals surface area (Å²) in [6, 6.07) is 12.1. The Morgan fingerprint density at radius 3 is 2.32 bits per heavy atom. The summed E-state index contributed by atoms with van der Waals surface area (Å²) < 4.78 is 10.4. The third-order valence-electron chi connectivity index (χ3n) is 3.83. The molecule has 0 saturated carbocycles. The van der Waals surface area contributed by atoms with E-state index in [9.17, 15) is 9.59 Å². The molecule has 0 fully saturated rings. The zero-order valence-electron chi connectivity index (χ0n) is 14.4. The number of hydrogen-bond donors (Lipinski definition) is 2. The van der Waals surface area contributed by atoms with E-state index in [1.165, 1.54) is 14.2 Å². The Morgan fingerprint density at radius 2 is 1.76 bits per heavy atom. The molecule has 2 aromatic rings. The topological polar surface area (TPSA) is 84.9 Å². The fourth-order valence-corrected chi connectivity index (χ4v) is 2.35. The lowest BCUT2D eigenvalue weighted by Gasteiger charge is -2.12. The number of carboxylic acids is 1. The highest BCUT2D eigenvalue weighted by Gasteiger charge is 2.15. The predicted octanol–water partition coefficient (Wildman–Crippen LogP) is 3.22. The number of aliphatic carboxylic acids is 1. The first-order chi connectivity index (χ1) is 11.9. The van der Waals surface area contributed by atoms with E-state index < -0.39 is 11.9 Å². The Labute approximate surface area is 146 Å². The van der Waals surface area contributed by atoms with Crippen molar-refractivity contribution in [3.05, 3.63) is 53.6 Å². The molecule has 0 aliphatic rings. The smallest absolute Gasteiger partial charge is 0.306 e. The molecular weight excluding hydrogens is 322 g/mol. The van der Waals surface area contributed by atoms with Gasteiger partial charge in [0, 0.05) is 5.69 Å². The lowest BCUT2D eigenvalue weighted by atomic mass is 10.0. The molecule has 1 atom stereocenters. The van der Waals surface area contributed by atoms with Crippen molar-refractivity contribution >= 4 is 17.6 Å². The minimum absolute atomic E-state index is 0.317. The van der Waals surface area contributed by atoms with Crippen molar-refractivity contribution < 1.29 is 24.2 Å². The second-order valence-corrected chi connectivity index (χ2v) is 5.66. The zero-order valence-corrected chi connectivity index (χ0v) is 14.4. The molecule has 0 heterocycles. The third-order valence-corrected chi connectivity index (χ3v) is 3.83. The van der Waals surface area contributed by atoms with Gasteiger partial charge in [-0.2, -0.15) is 0 Å². The van der Waals surface area contributed by atoms with Crippen LogP contribution < -0.4 is 14.8 Å². The van der Waals surface area contributed by atoms with Crippen molar-refractivity contribution in [1.29, 1.82) is 0 Å². The molecule has 0 spiro atoms. The average Bonchev–Trinajstić information content (AvgIpc) is 2.62. The number of anilines is 1. The molecule has 132 valence electrons. The molecule has 2 aromatic carbocycles. The lowest BCUT2D eigenvalue weighted by molar-refractivity contribution is -0.141. The highest BCUT2D eigenvalue weighted by molar-refractivity contribution is 6.06. The van der Waals surface area contributed by atoms with Crippen LogP contribution in [0.2, 0.25) is 0 Å². The fourth-order valence-electron chi connectivity index (χ4n) is 2.35. The second-order valence-electron chi connectivity index (χ2n) is 5.66. The van der Waals surface area contributed by atoms with Crippen molar-refractivity contribution in [2.45, 2.75) is 13.3 Å². The van der Waals surface area contributed by atoms with E-state index in [0.717, 1.165) is 5.56 Å². The molecule has 6 nitrogen and oxygen atoms in total. The van der Waals surface area contributed by atoms with Crippen molar-refractivity contribution in [2.75, 3.05) is 19.5 Å². The quantitative estimate of drug-likeness (QED) is 0.806. The number of ether oxygens (including phenoxy) is 2. The van der Waals surface area contributed by atoms with E-state index in [0.29, 0.717) is 29.2 Å². The first-order valence-corrected chi connectivity index (χ1v) is 7.79. The molecule has 0 aliphatic carbocycles. The molecule has 1 unspecified atom stereocenters. The maximum Gasteiger partial charge on any atom is 0.306 e. The summed E-state index contributed by atoms with van der Waals surface area (Å²) in [4.78, 5) is 23.4. The van der Waals surface area contributed by atoms with Gasteiger partial charge < -0.3 is 19.9 Å². The van der Waals surface area contributed by atoms with Crippen molar-refractivity contribution in [1.82, 2.24) is 0 Å². The predicted molar refractivity (Wildman–Crippen MR) is 94.4 cm³/mol. The van der Waals surface area contributed by atoms with Crippen molar-refractivity contribution in [3.63, 3.8) is 0 Å². The molecule has 2 N–H and O–H groups in total. The van der Waals surface area contributed by atoms with Crippen LogP contribution in [-0.4, -0.2) is 31.2 Å². The molecular formula is C19H21NO5. The third kappa shape index (κ3) is 4.73. The van der Waals surface area contributed by atoms with Gasteiger partial charge in [-0.25, -0.2) is 0 Å². The van der Waals surface area contributed by atoms with Crippen LogP contribution in [0.4, 0.5) is 5.69 Å². The van der Waals surface area contributed by atoms with Gasteiger partial charge in [-0.1, -0.05) is 19.1 Å². The Balaban J connectivity index is 2.12. The van der Waals surface area contributed by atoms with E-state index in [1.807, 2.05) is 0 Å². The van der Waals surface area contributed by atoms with Gasteiger partial charge in [-0.05, 0) is 42.3 Å². The summed E-state index contributed by atoms with van der Waals surface area (Å²) in [5.41, 5.74) is 1.87. The summed E-state index contributed by atoms with van der Waals surface area (Å²) in [7, 11) is 3.03. The first kappa shape index (κ1) is 18.3. The van der Waals surface area contributed by atoms with E-state index >= 15 is 0 Å². The number of hydrogen-bond acceptors (Lipinski definition) is 4. The lowest BCUT2D eigenvalue weighted by Crippen LogP contribution is -2.14. The highest BCUT2D eigenvalue weighted by atomic mass is 16.5. The number of carboxylic acid groups (broad SMARTS) is 1. The Hall–Kier alpha value is -3.02. The molecule has 6 heteroatoms. The number of rotatable bonds is 7.